The number of rotatable bonds is 6. The van der Waals surface area contributed by atoms with E-state index in [1.807, 2.05) is 6.92 Å². The van der Waals surface area contributed by atoms with E-state index in [4.69, 9.17) is 0 Å². The first-order valence-corrected chi connectivity index (χ1v) is 8.95. The van der Waals surface area contributed by atoms with Gasteiger partial charge in [0, 0.05) is 18.7 Å². The number of carbonyl (C=O) groups is 1. The molecule has 0 aliphatic carbocycles. The molecule has 0 spiro atoms. The van der Waals surface area contributed by atoms with Crippen LogP contribution in [0.4, 0.5) is 4.39 Å². The van der Waals surface area contributed by atoms with E-state index in [-0.39, 0.29) is 17.3 Å². The molecule has 7 heteroatoms. The van der Waals surface area contributed by atoms with Gasteiger partial charge in [-0.05, 0) is 49.2 Å². The fourth-order valence-corrected chi connectivity index (χ4v) is 3.43. The molecule has 0 aromatic heterocycles. The molecule has 2 rings (SSSR count). The van der Waals surface area contributed by atoms with Crippen LogP contribution in [-0.2, 0) is 16.6 Å². The normalized spacial score (nSPS) is 11.3. The molecule has 0 fully saturated rings. The zero-order valence-electron chi connectivity index (χ0n) is 13.5. The third-order valence-corrected chi connectivity index (χ3v) is 5.00. The highest BCUT2D eigenvalue weighted by molar-refractivity contribution is 7.89. The van der Waals surface area contributed by atoms with Gasteiger partial charge >= 0.3 is 0 Å². The zero-order valence-corrected chi connectivity index (χ0v) is 14.3. The van der Waals surface area contributed by atoms with Crippen LogP contribution < -0.4 is 10.0 Å². The molecule has 0 unspecified atom stereocenters. The van der Waals surface area contributed by atoms with Crippen LogP contribution in [0.25, 0.3) is 0 Å². The Kier molecular flexibility index (Phi) is 5.69. The Morgan fingerprint density at radius 3 is 2.42 bits per heavy atom. The molecule has 0 bridgehead atoms. The Hall–Kier alpha value is -2.25. The van der Waals surface area contributed by atoms with Crippen molar-refractivity contribution in [2.45, 2.75) is 25.3 Å². The Balaban J connectivity index is 2.09. The van der Waals surface area contributed by atoms with Crippen LogP contribution in [-0.4, -0.2) is 20.9 Å². The van der Waals surface area contributed by atoms with Gasteiger partial charge in [0.1, 0.15) is 5.82 Å². The number of halogens is 1. The highest BCUT2D eigenvalue weighted by Gasteiger charge is 2.17. The first-order chi connectivity index (χ1) is 11.3. The van der Waals surface area contributed by atoms with Gasteiger partial charge in [0.05, 0.1) is 4.90 Å². The van der Waals surface area contributed by atoms with Crippen molar-refractivity contribution in [3.63, 3.8) is 0 Å². The summed E-state index contributed by atoms with van der Waals surface area (Å²) in [6.45, 7) is 4.02. The molecule has 1 amide bonds. The largest absolute Gasteiger partial charge is 0.352 e. The van der Waals surface area contributed by atoms with Crippen molar-refractivity contribution in [1.29, 1.82) is 0 Å². The van der Waals surface area contributed by atoms with E-state index in [1.54, 1.807) is 31.2 Å². The van der Waals surface area contributed by atoms with Crippen molar-refractivity contribution in [3.8, 4) is 0 Å². The molecule has 0 radical (unpaired) electrons. The Morgan fingerprint density at radius 2 is 1.79 bits per heavy atom. The maximum absolute atomic E-state index is 13.3. The van der Waals surface area contributed by atoms with Crippen LogP contribution >= 0.6 is 0 Å². The molecular formula is C17H19FN2O3S. The standard InChI is InChI=1S/C17H19FN2O3S/c1-3-19-17(21)14-7-5-13(6-8-14)11-20-24(22,23)16-10-15(18)9-4-12(16)2/h4-10,20H,3,11H2,1-2H3,(H,19,21). The molecule has 24 heavy (non-hydrogen) atoms. The van der Waals surface area contributed by atoms with Crippen molar-refractivity contribution in [2.24, 2.45) is 0 Å². The van der Waals surface area contributed by atoms with Gasteiger partial charge in [-0.25, -0.2) is 17.5 Å². The number of amides is 1. The van der Waals surface area contributed by atoms with E-state index in [0.29, 0.717) is 23.2 Å². The number of carbonyl (C=O) groups excluding carboxylic acids is 1. The minimum absolute atomic E-state index is 0.0496. The van der Waals surface area contributed by atoms with E-state index < -0.39 is 15.8 Å². The number of hydrogen-bond acceptors (Lipinski definition) is 3. The third kappa shape index (κ3) is 4.39. The predicted molar refractivity (Wildman–Crippen MR) is 89.6 cm³/mol. The van der Waals surface area contributed by atoms with Gasteiger partial charge in [-0.1, -0.05) is 18.2 Å². The summed E-state index contributed by atoms with van der Waals surface area (Å²) in [5.74, 6) is -0.785. The second-order valence-electron chi connectivity index (χ2n) is 5.29. The lowest BCUT2D eigenvalue weighted by Gasteiger charge is -2.10. The summed E-state index contributed by atoms with van der Waals surface area (Å²) < 4.78 is 40.3. The molecule has 128 valence electrons. The Labute approximate surface area is 141 Å². The van der Waals surface area contributed by atoms with Crippen LogP contribution in [0.2, 0.25) is 0 Å². The van der Waals surface area contributed by atoms with Crippen molar-refractivity contribution in [3.05, 3.63) is 65.0 Å². The molecule has 0 saturated carbocycles. The van der Waals surface area contributed by atoms with Crippen molar-refractivity contribution >= 4 is 15.9 Å². The summed E-state index contributed by atoms with van der Waals surface area (Å²) in [5, 5.41) is 2.68. The minimum Gasteiger partial charge on any atom is -0.352 e. The molecule has 0 aliphatic heterocycles. The molecule has 0 atom stereocenters. The molecule has 2 aromatic rings. The van der Waals surface area contributed by atoms with Crippen LogP contribution in [0.5, 0.6) is 0 Å². The molecule has 0 saturated heterocycles. The first-order valence-electron chi connectivity index (χ1n) is 7.46. The average Bonchev–Trinajstić information content (AvgIpc) is 2.56. The Bertz CT molecular complexity index is 833. The van der Waals surface area contributed by atoms with Crippen LogP contribution in [0.15, 0.2) is 47.4 Å². The average molecular weight is 350 g/mol. The zero-order chi connectivity index (χ0) is 17.7. The van der Waals surface area contributed by atoms with Gasteiger partial charge in [0.15, 0.2) is 0 Å². The second-order valence-corrected chi connectivity index (χ2v) is 7.03. The SMILES string of the molecule is CCNC(=O)c1ccc(CNS(=O)(=O)c2cc(F)ccc2C)cc1. The van der Waals surface area contributed by atoms with Crippen molar-refractivity contribution < 1.29 is 17.6 Å². The lowest BCUT2D eigenvalue weighted by Crippen LogP contribution is -2.24. The number of sulfonamides is 1. The fourth-order valence-electron chi connectivity index (χ4n) is 2.16. The maximum atomic E-state index is 13.3. The lowest BCUT2D eigenvalue weighted by molar-refractivity contribution is 0.0956. The highest BCUT2D eigenvalue weighted by Crippen LogP contribution is 2.16. The van der Waals surface area contributed by atoms with Gasteiger partial charge in [-0.2, -0.15) is 0 Å². The lowest BCUT2D eigenvalue weighted by atomic mass is 10.1. The molecule has 5 nitrogen and oxygen atoms in total. The number of nitrogens with one attached hydrogen (secondary N) is 2. The number of benzene rings is 2. The monoisotopic (exact) mass is 350 g/mol. The van der Waals surface area contributed by atoms with Gasteiger partial charge in [-0.15, -0.1) is 0 Å². The van der Waals surface area contributed by atoms with Crippen LogP contribution in [0, 0.1) is 12.7 Å². The number of hydrogen-bond donors (Lipinski definition) is 2. The summed E-state index contributed by atoms with van der Waals surface area (Å²) in [6, 6.07) is 10.2. The van der Waals surface area contributed by atoms with Crippen molar-refractivity contribution in [1.82, 2.24) is 10.0 Å². The van der Waals surface area contributed by atoms with Gasteiger partial charge in [0.2, 0.25) is 10.0 Å². The van der Waals surface area contributed by atoms with E-state index in [9.17, 15) is 17.6 Å². The highest BCUT2D eigenvalue weighted by atomic mass is 32.2. The van der Waals surface area contributed by atoms with E-state index in [1.165, 1.54) is 12.1 Å². The van der Waals surface area contributed by atoms with Crippen LogP contribution in [0.1, 0.15) is 28.4 Å². The summed E-state index contributed by atoms with van der Waals surface area (Å²) in [5.41, 5.74) is 1.67. The molecule has 2 aromatic carbocycles. The maximum Gasteiger partial charge on any atom is 0.251 e. The Morgan fingerprint density at radius 1 is 1.12 bits per heavy atom. The molecule has 2 N–H and O–H groups in total. The van der Waals surface area contributed by atoms with Gasteiger partial charge < -0.3 is 5.32 Å². The molecule has 0 heterocycles. The quantitative estimate of drug-likeness (QED) is 0.840. The third-order valence-electron chi connectivity index (χ3n) is 3.46. The molecular weight excluding hydrogens is 331 g/mol. The second kappa shape index (κ2) is 7.55. The van der Waals surface area contributed by atoms with E-state index in [0.717, 1.165) is 6.07 Å². The first kappa shape index (κ1) is 18.1. The number of aryl methyl sites for hydroxylation is 1. The molecule has 0 aliphatic rings. The summed E-state index contributed by atoms with van der Waals surface area (Å²) in [4.78, 5) is 11.6. The van der Waals surface area contributed by atoms with Gasteiger partial charge in [-0.3, -0.25) is 4.79 Å². The smallest absolute Gasteiger partial charge is 0.251 e. The van der Waals surface area contributed by atoms with Crippen LogP contribution in [0.3, 0.4) is 0 Å². The minimum atomic E-state index is -3.82. The summed E-state index contributed by atoms with van der Waals surface area (Å²) in [6.07, 6.45) is 0. The summed E-state index contributed by atoms with van der Waals surface area (Å²) in [7, 11) is -3.82. The summed E-state index contributed by atoms with van der Waals surface area (Å²) >= 11 is 0. The topological polar surface area (TPSA) is 75.3 Å². The van der Waals surface area contributed by atoms with Crippen molar-refractivity contribution in [2.75, 3.05) is 6.54 Å². The van der Waals surface area contributed by atoms with E-state index >= 15 is 0 Å². The van der Waals surface area contributed by atoms with E-state index in [2.05, 4.69) is 10.0 Å². The fraction of sp³-hybridized carbons (Fsp3) is 0.235. The predicted octanol–water partition coefficient (Wildman–Crippen LogP) is 2.36. The van der Waals surface area contributed by atoms with Gasteiger partial charge in [0.25, 0.3) is 5.91 Å².